The third-order valence-corrected chi connectivity index (χ3v) is 37.4. The topological polar surface area (TPSA) is 291 Å². The molecule has 31 heteroatoms. The van der Waals surface area contributed by atoms with Crippen LogP contribution in [0.5, 0.6) is 0 Å². The molecule has 0 radical (unpaired) electrons. The zero-order valence-corrected chi connectivity index (χ0v) is 84.6. The number of ketones is 3. The molecule has 6 aliphatic carbocycles. The molecule has 744 valence electrons. The lowest BCUT2D eigenvalue weighted by Gasteiger charge is -2.51. The zero-order chi connectivity index (χ0) is 97.1. The molecule has 6 saturated carbocycles. The van der Waals surface area contributed by atoms with Crippen molar-refractivity contribution in [2.75, 3.05) is 198 Å². The van der Waals surface area contributed by atoms with Crippen molar-refractivity contribution in [3.8, 4) is 0 Å². The Morgan fingerprint density at radius 3 is 1.01 bits per heavy atom. The second kappa shape index (κ2) is 43.9. The van der Waals surface area contributed by atoms with Crippen molar-refractivity contribution in [2.45, 2.75) is 225 Å². The minimum Gasteiger partial charge on any atom is -0.383 e. The van der Waals surface area contributed by atoms with E-state index in [2.05, 4.69) is 217 Å². The molecule has 29 nitrogen and oxygen atoms in total. The largest absolute Gasteiger partial charge is 0.383 e. The molecule has 12 fully saturated rings. The van der Waals surface area contributed by atoms with Crippen LogP contribution in [-0.4, -0.2) is 358 Å². The number of hydrogen-bond donors (Lipinski definition) is 0. The number of urea groups is 4. The quantitative estimate of drug-likeness (QED) is 0.0398. The molecule has 4 aromatic carbocycles. The van der Waals surface area contributed by atoms with Gasteiger partial charge in [-0.05, 0) is 244 Å². The summed E-state index contributed by atoms with van der Waals surface area (Å²) in [6.07, 6.45) is 27.5. The number of Topliss-reactive ketones (excluding diaryl/α,β-unsaturated/α-hetero) is 3. The summed E-state index contributed by atoms with van der Waals surface area (Å²) in [5.74, 6) is 1.68. The number of benzene rings is 4. The van der Waals surface area contributed by atoms with Gasteiger partial charge in [0.05, 0.1) is 90.1 Å². The first-order chi connectivity index (χ1) is 65.0. The third kappa shape index (κ3) is 22.5. The lowest BCUT2D eigenvalue weighted by atomic mass is 9.68. The highest BCUT2D eigenvalue weighted by Gasteiger charge is 2.60. The fourth-order valence-corrected chi connectivity index (χ4v) is 27.6. The van der Waals surface area contributed by atoms with Crippen LogP contribution in [0.3, 0.4) is 0 Å². The highest BCUT2D eigenvalue weighted by atomic mass is 32.2. The number of rotatable bonds is 31. The molecule has 1 aromatic heterocycles. The van der Waals surface area contributed by atoms with Gasteiger partial charge in [0, 0.05) is 121 Å². The minimum atomic E-state index is -3.06. The van der Waals surface area contributed by atoms with Crippen LogP contribution in [0.1, 0.15) is 202 Å². The van der Waals surface area contributed by atoms with Gasteiger partial charge in [0.15, 0.2) is 27.2 Å². The van der Waals surface area contributed by atoms with Crippen molar-refractivity contribution in [3.63, 3.8) is 0 Å². The fourth-order valence-electron chi connectivity index (χ4n) is 24.8. The van der Waals surface area contributed by atoms with E-state index in [1.165, 1.54) is 67.1 Å². The number of ether oxygens (including phenoxy) is 2. The first-order valence-electron chi connectivity index (χ1n) is 50.2. The number of aromatic nitrogens is 2. The number of nitrogens with zero attached hydrogens (tertiary/aromatic N) is 15. The molecule has 12 aliphatic rings. The monoisotopic (exact) mass is 1910 g/mol. The lowest BCUT2D eigenvalue weighted by molar-refractivity contribution is -0.131. The molecule has 7 heterocycles. The van der Waals surface area contributed by atoms with E-state index in [1.807, 2.05) is 21.6 Å². The second-order valence-electron chi connectivity index (χ2n) is 42.4. The van der Waals surface area contributed by atoms with Gasteiger partial charge in [0.1, 0.15) is 22.7 Å². The van der Waals surface area contributed by atoms with Crippen molar-refractivity contribution in [3.05, 3.63) is 168 Å². The van der Waals surface area contributed by atoms with E-state index < -0.39 is 19.7 Å². The van der Waals surface area contributed by atoms with E-state index in [0.29, 0.717) is 95.7 Å². The highest BCUT2D eigenvalue weighted by molar-refractivity contribution is 7.91. The van der Waals surface area contributed by atoms with Crippen molar-refractivity contribution < 1.29 is 64.7 Å². The number of methoxy groups -OCH3 is 2. The second-order valence-corrected chi connectivity index (χ2v) is 47.0. The maximum absolute atomic E-state index is 13.7. The highest BCUT2D eigenvalue weighted by Crippen LogP contribution is 2.55. The Kier molecular flexibility index (Phi) is 33.3. The number of sulfone groups is 2. The first-order valence-corrected chi connectivity index (χ1v) is 53.8. The van der Waals surface area contributed by atoms with Crippen molar-refractivity contribution >= 4 is 67.1 Å². The Morgan fingerprint density at radius 2 is 0.706 bits per heavy atom. The SMILES string of the molecule is CCC(=O)CN1CC2(CCC(c3ccccc3)(N(C)C)CC2)N(CCOC)C1=O.CN(C)C1(c2ccccc2)CCC2(CC1)CN(CC(=O)CC1CCS(=O)(=O)CC1)C(=O)N2CC1CCC1.CN(C)C1(c2ccccc2)CCC2(CC1)CN(CC(=O)N1CCS(=O)(=O)CC1)C(=O)N2CC1CCC1.COCCN1C(=O)N(CC(=O)Cc2ccncn2)CC12CCC(c1ccccc1)(N(C)C)CC2. The van der Waals surface area contributed by atoms with Gasteiger partial charge in [0.25, 0.3) is 0 Å². The van der Waals surface area contributed by atoms with E-state index in [0.717, 1.165) is 116 Å². The standard InChI is InChI=1S/C29H43N3O4S.C27H40N4O4S.C26H35N5O3.C23H35N3O3/c1-30(2)29(25-9-4-3-5-10-25)15-13-28(14-16-29)22-31(27(34)32(28)20-24-7-6-8-24)21-26(33)19-23-11-17-37(35,36)18-12-23;1-28(2)27(23-9-4-3-5-10-23)13-11-26(12-14-27)21-30(25(33)31(26)19-22-7-6-8-22)20-24(32)29-15-17-36(34,35)18-16-29;1-29(2)26(21-7-5-4-6-8-21)12-10-25(11-13-26)19-30(24(33)31(25)15-16-34-3)18-23(32)17-22-9-14-27-20-28-22;1-5-20(27)17-25-18-22(26(21(25)28)15-16-29-4)11-13-23(14-12-22,24(2)3)19-9-7-6-8-10-19/h3-5,9-10,23-24H,6-8,11-22H2,1-2H3;3-5,9-10,22H,6-8,11-21H2,1-2H3;4-9,14,20H,10-13,15-19H2,1-3H3;6-10H,5,11-18H2,1-4H3. The smallest absolute Gasteiger partial charge is 0.321 e. The van der Waals surface area contributed by atoms with Crippen LogP contribution >= 0.6 is 0 Å². The Bertz CT molecular complexity index is 5090. The normalized spacial score (nSPS) is 24.3. The van der Waals surface area contributed by atoms with Gasteiger partial charge in [0.2, 0.25) is 5.91 Å². The van der Waals surface area contributed by atoms with E-state index in [1.54, 1.807) is 46.1 Å². The van der Waals surface area contributed by atoms with Crippen LogP contribution < -0.4 is 0 Å². The number of carbonyl (C=O) groups is 8. The van der Waals surface area contributed by atoms with Crippen LogP contribution in [0.2, 0.25) is 0 Å². The Labute approximate surface area is 809 Å². The number of carbonyl (C=O) groups excluding carboxylic acids is 8. The molecule has 5 aromatic rings. The first kappa shape index (κ1) is 103. The Balaban J connectivity index is 0.000000146. The average Bonchev–Trinajstić information content (AvgIpc) is 1.56. The van der Waals surface area contributed by atoms with E-state index >= 15 is 0 Å². The molecule has 9 amide bonds. The number of amides is 9. The third-order valence-electron chi connectivity index (χ3n) is 34.0. The van der Waals surface area contributed by atoms with Crippen molar-refractivity contribution in [2.24, 2.45) is 17.8 Å². The molecule has 136 heavy (non-hydrogen) atoms. The predicted molar refractivity (Wildman–Crippen MR) is 527 cm³/mol. The summed E-state index contributed by atoms with van der Waals surface area (Å²) in [6.45, 7) is 8.94. The predicted octanol–water partition coefficient (Wildman–Crippen LogP) is 12.5. The van der Waals surface area contributed by atoms with Crippen LogP contribution in [-0.2, 0) is 76.9 Å². The van der Waals surface area contributed by atoms with Gasteiger partial charge >= 0.3 is 24.1 Å². The van der Waals surface area contributed by atoms with Crippen LogP contribution in [0, 0.1) is 17.8 Å². The summed E-state index contributed by atoms with van der Waals surface area (Å²) in [5.41, 5.74) is 4.89. The summed E-state index contributed by atoms with van der Waals surface area (Å²) < 4.78 is 57.7. The summed E-state index contributed by atoms with van der Waals surface area (Å²) in [4.78, 5) is 139. The van der Waals surface area contributed by atoms with Gasteiger partial charge in [-0.2, -0.15) is 0 Å². The number of hydrogen-bond acceptors (Lipinski definition) is 20. The van der Waals surface area contributed by atoms with Gasteiger partial charge in [-0.25, -0.2) is 46.0 Å². The summed E-state index contributed by atoms with van der Waals surface area (Å²) >= 11 is 0. The van der Waals surface area contributed by atoms with Crippen LogP contribution in [0.15, 0.2) is 140 Å². The summed E-state index contributed by atoms with van der Waals surface area (Å²) in [5, 5.41) is 0. The zero-order valence-electron chi connectivity index (χ0n) is 83.0. The fraction of sp³-hybridized carbons (Fsp3) is 0.657. The summed E-state index contributed by atoms with van der Waals surface area (Å²) in [6, 6.07) is 44.5. The van der Waals surface area contributed by atoms with Crippen LogP contribution in [0.25, 0.3) is 0 Å². The maximum atomic E-state index is 13.7. The average molecular weight is 1910 g/mol. The molecule has 0 N–H and O–H groups in total. The van der Waals surface area contributed by atoms with Crippen LogP contribution in [0.4, 0.5) is 19.2 Å². The molecule has 4 spiro atoms. The van der Waals surface area contributed by atoms with E-state index in [9.17, 15) is 55.2 Å². The molecule has 0 bridgehead atoms. The Morgan fingerprint density at radius 1 is 0.390 bits per heavy atom. The molecule has 0 atom stereocenters. The Hall–Kier alpha value is -8.82. The van der Waals surface area contributed by atoms with Crippen molar-refractivity contribution in [1.29, 1.82) is 0 Å². The van der Waals surface area contributed by atoms with Gasteiger partial charge in [-0.15, -0.1) is 0 Å². The molecule has 6 saturated heterocycles. The lowest BCUT2D eigenvalue weighted by Crippen LogP contribution is -2.56. The van der Waals surface area contributed by atoms with Gasteiger partial charge in [-0.1, -0.05) is 141 Å². The van der Waals surface area contributed by atoms with E-state index in [4.69, 9.17) is 9.47 Å². The van der Waals surface area contributed by atoms with Gasteiger partial charge in [-0.3, -0.25) is 38.8 Å². The summed E-state index contributed by atoms with van der Waals surface area (Å²) in [7, 11) is 14.6. The maximum Gasteiger partial charge on any atom is 0.321 e. The molecule has 17 rings (SSSR count). The molecular weight excluding hydrogens is 1760 g/mol. The molecular formula is C105H153N15O14S2. The molecule has 0 unspecified atom stereocenters. The van der Waals surface area contributed by atoms with E-state index in [-0.39, 0.29) is 166 Å². The van der Waals surface area contributed by atoms with Gasteiger partial charge < -0.3 is 53.6 Å². The van der Waals surface area contributed by atoms with Crippen molar-refractivity contribution in [1.82, 2.24) is 73.7 Å². The minimum absolute atomic E-state index is 0.0104. The molecule has 6 aliphatic heterocycles.